The normalized spacial score (nSPS) is 32.7. The van der Waals surface area contributed by atoms with E-state index in [1.807, 2.05) is 20.8 Å². The Hall–Kier alpha value is -1.28. The summed E-state index contributed by atoms with van der Waals surface area (Å²) in [6, 6.07) is -1.16. The minimum Gasteiger partial charge on any atom is -0.394 e. The van der Waals surface area contributed by atoms with Gasteiger partial charge in [0.1, 0.15) is 6.04 Å². The van der Waals surface area contributed by atoms with Crippen molar-refractivity contribution >= 4 is 29.5 Å². The lowest BCUT2D eigenvalue weighted by Crippen LogP contribution is -2.60. The van der Waals surface area contributed by atoms with Crippen molar-refractivity contribution in [2.75, 3.05) is 13.2 Å². The average molecular weight is 524 g/mol. The molecule has 3 amide bonds. The molecule has 1 spiro atoms. The number of likely N-dealkylation sites (tertiary alicyclic amines) is 1. The molecule has 0 aromatic carbocycles. The molecule has 206 valence electrons. The number of nitrogens with one attached hydrogen (secondary N) is 2. The summed E-state index contributed by atoms with van der Waals surface area (Å²) >= 11 is 1.69. The lowest BCUT2D eigenvalue weighted by atomic mass is 9.66. The Morgan fingerprint density at radius 1 is 1.17 bits per heavy atom. The van der Waals surface area contributed by atoms with Crippen LogP contribution in [0.25, 0.3) is 0 Å². The first-order chi connectivity index (χ1) is 16.5. The molecule has 0 aromatic rings. The minimum atomic E-state index is -0.707. The molecule has 3 saturated heterocycles. The SMILES string of the molecule is CCCNC(=O)[C@H]1[C@H]2C(=O)N([C@@H](CO)CC(C)C)C(C(=O)NC(C)(C)CC(C)(C)C)C23CC[C@]1(C)S3. The Morgan fingerprint density at radius 2 is 1.81 bits per heavy atom. The van der Waals surface area contributed by atoms with E-state index in [0.29, 0.717) is 13.0 Å². The van der Waals surface area contributed by atoms with Crippen molar-refractivity contribution in [3.63, 3.8) is 0 Å². The molecule has 0 saturated carbocycles. The van der Waals surface area contributed by atoms with Gasteiger partial charge in [0, 0.05) is 16.8 Å². The van der Waals surface area contributed by atoms with Crippen LogP contribution in [0.2, 0.25) is 0 Å². The molecule has 8 heteroatoms. The van der Waals surface area contributed by atoms with Gasteiger partial charge in [0.25, 0.3) is 0 Å². The van der Waals surface area contributed by atoms with Crippen LogP contribution in [-0.4, -0.2) is 68.0 Å². The van der Waals surface area contributed by atoms with Gasteiger partial charge in [0.15, 0.2) is 0 Å². The van der Waals surface area contributed by atoms with E-state index in [4.69, 9.17) is 0 Å². The third-order valence-electron chi connectivity index (χ3n) is 8.08. The molecule has 36 heavy (non-hydrogen) atoms. The highest BCUT2D eigenvalue weighted by atomic mass is 32.2. The summed E-state index contributed by atoms with van der Waals surface area (Å²) in [5.74, 6) is -1.16. The highest BCUT2D eigenvalue weighted by Crippen LogP contribution is 2.71. The molecule has 2 bridgehead atoms. The van der Waals surface area contributed by atoms with E-state index in [9.17, 15) is 19.5 Å². The Kier molecular flexibility index (Phi) is 8.23. The smallest absolute Gasteiger partial charge is 0.244 e. The first-order valence-electron chi connectivity index (χ1n) is 13.7. The van der Waals surface area contributed by atoms with Gasteiger partial charge in [0.05, 0.1) is 29.2 Å². The summed E-state index contributed by atoms with van der Waals surface area (Å²) in [4.78, 5) is 43.5. The first-order valence-corrected chi connectivity index (χ1v) is 14.6. The summed E-state index contributed by atoms with van der Waals surface area (Å²) in [6.45, 7) is 19.1. The monoisotopic (exact) mass is 523 g/mol. The largest absolute Gasteiger partial charge is 0.394 e. The molecule has 2 unspecified atom stereocenters. The van der Waals surface area contributed by atoms with E-state index in [0.717, 1.165) is 25.7 Å². The molecule has 3 fully saturated rings. The van der Waals surface area contributed by atoms with Crippen LogP contribution in [0.4, 0.5) is 0 Å². The van der Waals surface area contributed by atoms with Crippen molar-refractivity contribution < 1.29 is 19.5 Å². The van der Waals surface area contributed by atoms with Crippen molar-refractivity contribution in [1.29, 1.82) is 0 Å². The van der Waals surface area contributed by atoms with E-state index in [2.05, 4.69) is 52.2 Å². The zero-order chi connectivity index (χ0) is 27.3. The lowest BCUT2D eigenvalue weighted by Gasteiger charge is -2.40. The number of carbonyl (C=O) groups excluding carboxylic acids is 3. The number of rotatable bonds is 10. The van der Waals surface area contributed by atoms with E-state index in [-0.39, 0.29) is 40.4 Å². The first kappa shape index (κ1) is 29.3. The van der Waals surface area contributed by atoms with Crippen LogP contribution < -0.4 is 10.6 Å². The summed E-state index contributed by atoms with van der Waals surface area (Å²) in [6.07, 6.45) is 3.73. The van der Waals surface area contributed by atoms with Crippen LogP contribution in [0.3, 0.4) is 0 Å². The van der Waals surface area contributed by atoms with Crippen LogP contribution in [0.15, 0.2) is 0 Å². The van der Waals surface area contributed by atoms with Gasteiger partial charge in [-0.2, -0.15) is 0 Å². The van der Waals surface area contributed by atoms with E-state index < -0.39 is 34.2 Å². The van der Waals surface area contributed by atoms with E-state index >= 15 is 0 Å². The van der Waals surface area contributed by atoms with E-state index in [1.54, 1.807) is 16.7 Å². The number of thioether (sulfide) groups is 1. The zero-order valence-corrected chi connectivity index (χ0v) is 24.7. The van der Waals surface area contributed by atoms with Crippen molar-refractivity contribution in [3.05, 3.63) is 0 Å². The second kappa shape index (κ2) is 10.1. The van der Waals surface area contributed by atoms with Crippen LogP contribution in [0.5, 0.6) is 0 Å². The second-order valence-electron chi connectivity index (χ2n) is 13.8. The highest BCUT2D eigenvalue weighted by Gasteiger charge is 2.77. The molecule has 3 aliphatic heterocycles. The van der Waals surface area contributed by atoms with Gasteiger partial charge in [-0.3, -0.25) is 14.4 Å². The van der Waals surface area contributed by atoms with Crippen molar-refractivity contribution in [2.24, 2.45) is 23.2 Å². The summed E-state index contributed by atoms with van der Waals surface area (Å²) in [7, 11) is 0. The quantitative estimate of drug-likeness (QED) is 0.405. The molecule has 3 heterocycles. The van der Waals surface area contributed by atoms with Gasteiger partial charge < -0.3 is 20.6 Å². The highest BCUT2D eigenvalue weighted by molar-refractivity contribution is 8.02. The molecule has 3 rings (SSSR count). The maximum atomic E-state index is 14.2. The van der Waals surface area contributed by atoms with Crippen LogP contribution in [0, 0.1) is 23.2 Å². The van der Waals surface area contributed by atoms with Crippen LogP contribution >= 0.6 is 11.8 Å². The zero-order valence-electron chi connectivity index (χ0n) is 23.9. The Bertz CT molecular complexity index is 869. The maximum absolute atomic E-state index is 14.2. The molecular formula is C28H49N3O4S. The number of aliphatic hydroxyl groups is 1. The molecule has 0 radical (unpaired) electrons. The van der Waals surface area contributed by atoms with Gasteiger partial charge in [-0.25, -0.2) is 0 Å². The van der Waals surface area contributed by atoms with Crippen LogP contribution in [-0.2, 0) is 14.4 Å². The van der Waals surface area contributed by atoms with Gasteiger partial charge in [-0.15, -0.1) is 11.8 Å². The Balaban J connectivity index is 2.06. The number of hydrogen-bond donors (Lipinski definition) is 3. The third kappa shape index (κ3) is 5.31. The lowest BCUT2D eigenvalue weighted by molar-refractivity contribution is -0.144. The molecule has 0 aromatic heterocycles. The molecule has 7 nitrogen and oxygen atoms in total. The predicted molar refractivity (Wildman–Crippen MR) is 145 cm³/mol. The number of aliphatic hydroxyl groups excluding tert-OH is 1. The topological polar surface area (TPSA) is 98.7 Å². The number of fused-ring (bicyclic) bond motifs is 1. The van der Waals surface area contributed by atoms with Crippen molar-refractivity contribution in [3.8, 4) is 0 Å². The molecule has 0 aliphatic carbocycles. The molecular weight excluding hydrogens is 474 g/mol. The van der Waals surface area contributed by atoms with E-state index in [1.165, 1.54) is 0 Å². The fourth-order valence-corrected chi connectivity index (χ4v) is 9.75. The van der Waals surface area contributed by atoms with Gasteiger partial charge >= 0.3 is 0 Å². The summed E-state index contributed by atoms with van der Waals surface area (Å²) in [5.41, 5.74) is -0.445. The molecule has 3 aliphatic rings. The molecule has 3 N–H and O–H groups in total. The van der Waals surface area contributed by atoms with Crippen molar-refractivity contribution in [2.45, 2.75) is 122 Å². The standard InChI is InChI=1S/C28H49N3O4S/c1-10-13-29-22(33)19-20-24(35)31(18(15-32)14-17(2)3)21(28(20)12-11-27(19,9)36-28)23(34)30-26(7,8)16-25(4,5)6/h17-21,32H,10-16H2,1-9H3,(H,29,33)(H,30,34)/t18-,19-,20+,21?,27+,28?/m1/s1. The number of amides is 3. The number of hydrogen-bond acceptors (Lipinski definition) is 5. The Morgan fingerprint density at radius 3 is 2.33 bits per heavy atom. The Labute approximate surface area is 222 Å². The molecule has 6 atom stereocenters. The predicted octanol–water partition coefficient (Wildman–Crippen LogP) is 3.73. The summed E-state index contributed by atoms with van der Waals surface area (Å²) in [5, 5.41) is 16.7. The van der Waals surface area contributed by atoms with Crippen LogP contribution in [0.1, 0.15) is 94.4 Å². The fraction of sp³-hybridized carbons (Fsp3) is 0.893. The van der Waals surface area contributed by atoms with Crippen molar-refractivity contribution in [1.82, 2.24) is 15.5 Å². The van der Waals surface area contributed by atoms with Gasteiger partial charge in [0.2, 0.25) is 17.7 Å². The maximum Gasteiger partial charge on any atom is 0.244 e. The number of carbonyl (C=O) groups is 3. The number of nitrogens with zero attached hydrogens (tertiary/aromatic N) is 1. The third-order valence-corrected chi connectivity index (χ3v) is 10.1. The fourth-order valence-electron chi connectivity index (χ4n) is 7.41. The average Bonchev–Trinajstić information content (AvgIpc) is 3.28. The van der Waals surface area contributed by atoms with Gasteiger partial charge in [-0.1, -0.05) is 41.5 Å². The minimum absolute atomic E-state index is 0.0184. The summed E-state index contributed by atoms with van der Waals surface area (Å²) < 4.78 is -1.04. The van der Waals surface area contributed by atoms with Gasteiger partial charge in [-0.05, 0) is 64.2 Å². The second-order valence-corrected chi connectivity index (χ2v) is 15.7.